The van der Waals surface area contributed by atoms with E-state index in [1.54, 1.807) is 0 Å². The summed E-state index contributed by atoms with van der Waals surface area (Å²) < 4.78 is 39.3. The molecule has 11 atom stereocenters. The summed E-state index contributed by atoms with van der Waals surface area (Å²) in [6.07, 6.45) is -19.1. The summed E-state index contributed by atoms with van der Waals surface area (Å²) >= 11 is 0. The number of phenolic OH excluding ortho intramolecular Hbond substituents is 2. The van der Waals surface area contributed by atoms with Gasteiger partial charge in [0.15, 0.2) is 12.1 Å². The molecule has 19 nitrogen and oxygen atoms in total. The van der Waals surface area contributed by atoms with Gasteiger partial charge in [-0.3, -0.25) is 14.4 Å². The second-order valence-electron chi connectivity index (χ2n) is 13.0. The standard InChI is InChI=1S/C34H40O19/c1-13-23(40)25(42)27(44)32(49-13)52-30-19(12-48-21(39)11-34(2,46)10-20(37)38)51-33(28(45)26(30)43)53-31-24(41)22-17(36)8-16(47-3)9-18(22)50-29(31)14-4-6-15(35)7-5-14/h4-9,13,19,23,25-28,30,32-33,35-36,40,42-46H,10-12H2,1-3H3,(H,37,38)/t13-,19+,23-,25+,26+,27+,28+,30+,32+,33-,34+/m1/s1. The Labute approximate surface area is 299 Å². The number of fused-ring (bicyclic) bond motifs is 1. The van der Waals surface area contributed by atoms with E-state index in [1.807, 2.05) is 0 Å². The van der Waals surface area contributed by atoms with Gasteiger partial charge in [0.1, 0.15) is 77.6 Å². The molecular formula is C34H40O19. The van der Waals surface area contributed by atoms with Crippen LogP contribution >= 0.6 is 0 Å². The normalized spacial score (nSPS) is 30.0. The number of ether oxygens (including phenoxy) is 6. The molecule has 3 aromatic rings. The molecule has 0 amide bonds. The van der Waals surface area contributed by atoms with Gasteiger partial charge in [0.2, 0.25) is 17.5 Å². The second-order valence-corrected chi connectivity index (χ2v) is 13.0. The second kappa shape index (κ2) is 15.8. The van der Waals surface area contributed by atoms with E-state index in [4.69, 9.17) is 37.9 Å². The third kappa shape index (κ3) is 8.64. The Hall–Kier alpha value is -4.57. The molecule has 19 heteroatoms. The predicted octanol–water partition coefficient (Wildman–Crippen LogP) is -0.923. The summed E-state index contributed by atoms with van der Waals surface area (Å²) in [6, 6.07) is 7.75. The quantitative estimate of drug-likeness (QED) is 0.101. The number of aliphatic carboxylic acids is 1. The van der Waals surface area contributed by atoms with Crippen molar-refractivity contribution in [1.82, 2.24) is 0 Å². The molecular weight excluding hydrogens is 712 g/mol. The molecule has 2 fully saturated rings. The maximum atomic E-state index is 13.9. The first-order chi connectivity index (χ1) is 24.9. The number of hydrogen-bond acceptors (Lipinski definition) is 18. The molecule has 2 aliphatic heterocycles. The Morgan fingerprint density at radius 1 is 0.887 bits per heavy atom. The minimum Gasteiger partial charge on any atom is -0.508 e. The lowest BCUT2D eigenvalue weighted by molar-refractivity contribution is -0.349. The van der Waals surface area contributed by atoms with E-state index in [0.717, 1.165) is 13.0 Å². The van der Waals surface area contributed by atoms with Gasteiger partial charge in [0, 0.05) is 17.7 Å². The van der Waals surface area contributed by atoms with Crippen molar-refractivity contribution in [3.05, 3.63) is 46.6 Å². The molecule has 0 aliphatic carbocycles. The molecule has 1 aromatic heterocycles. The summed E-state index contributed by atoms with van der Waals surface area (Å²) in [7, 11) is 1.32. The maximum absolute atomic E-state index is 13.9. The third-order valence-electron chi connectivity index (χ3n) is 8.71. The van der Waals surface area contributed by atoms with Crippen molar-refractivity contribution in [2.24, 2.45) is 0 Å². The maximum Gasteiger partial charge on any atom is 0.308 e. The number of esters is 1. The van der Waals surface area contributed by atoms with Crippen LogP contribution in [0.15, 0.2) is 45.6 Å². The van der Waals surface area contributed by atoms with Crippen molar-refractivity contribution in [3.8, 4) is 34.3 Å². The van der Waals surface area contributed by atoms with Gasteiger partial charge >= 0.3 is 11.9 Å². The van der Waals surface area contributed by atoms with E-state index in [-0.39, 0.29) is 33.8 Å². The zero-order valence-electron chi connectivity index (χ0n) is 28.5. The summed E-state index contributed by atoms with van der Waals surface area (Å²) in [5.74, 6) is -4.00. The van der Waals surface area contributed by atoms with Gasteiger partial charge in [-0.15, -0.1) is 0 Å². The fraction of sp³-hybridized carbons (Fsp3) is 0.500. The minimum absolute atomic E-state index is 0.133. The molecule has 9 N–H and O–H groups in total. The molecule has 0 saturated carbocycles. The van der Waals surface area contributed by atoms with Crippen molar-refractivity contribution in [3.63, 3.8) is 0 Å². The highest BCUT2D eigenvalue weighted by Crippen LogP contribution is 2.38. The number of carboxylic acids is 1. The zero-order valence-corrected chi connectivity index (χ0v) is 28.5. The first-order valence-corrected chi connectivity index (χ1v) is 16.2. The number of phenols is 2. The van der Waals surface area contributed by atoms with Gasteiger partial charge in [-0.25, -0.2) is 0 Å². The lowest BCUT2D eigenvalue weighted by Gasteiger charge is -2.45. The van der Waals surface area contributed by atoms with E-state index in [9.17, 15) is 55.2 Å². The Morgan fingerprint density at radius 2 is 1.55 bits per heavy atom. The topological polar surface area (TPSA) is 302 Å². The summed E-state index contributed by atoms with van der Waals surface area (Å²) in [4.78, 5) is 37.8. The van der Waals surface area contributed by atoms with Crippen molar-refractivity contribution in [1.29, 1.82) is 0 Å². The molecule has 0 spiro atoms. The highest BCUT2D eigenvalue weighted by atomic mass is 16.7. The summed E-state index contributed by atoms with van der Waals surface area (Å²) in [5.41, 5.74) is -2.96. The van der Waals surface area contributed by atoms with Crippen LogP contribution in [0, 0.1) is 0 Å². The first kappa shape index (κ1) is 39.6. The van der Waals surface area contributed by atoms with Crippen LogP contribution in [0.5, 0.6) is 23.0 Å². The lowest BCUT2D eigenvalue weighted by atomic mass is 9.97. The number of carboxylic acid groups (broad SMARTS) is 1. The van der Waals surface area contributed by atoms with Crippen LogP contribution in [-0.4, -0.2) is 139 Å². The van der Waals surface area contributed by atoms with Crippen molar-refractivity contribution in [2.75, 3.05) is 13.7 Å². The largest absolute Gasteiger partial charge is 0.508 e. The number of carbonyl (C=O) groups is 2. The highest BCUT2D eigenvalue weighted by Gasteiger charge is 2.51. The lowest BCUT2D eigenvalue weighted by Crippen LogP contribution is -2.64. The molecule has 2 saturated heterocycles. The molecule has 0 bridgehead atoms. The summed E-state index contributed by atoms with van der Waals surface area (Å²) in [6.45, 7) is 1.63. The van der Waals surface area contributed by atoms with Gasteiger partial charge in [-0.05, 0) is 38.1 Å². The Bertz CT molecular complexity index is 1840. The van der Waals surface area contributed by atoms with Crippen molar-refractivity contribution < 1.29 is 88.4 Å². The van der Waals surface area contributed by atoms with Crippen LogP contribution in [0.2, 0.25) is 0 Å². The van der Waals surface area contributed by atoms with Gasteiger partial charge in [0.25, 0.3) is 0 Å². The number of hydrogen-bond donors (Lipinski definition) is 9. The van der Waals surface area contributed by atoms with E-state index in [1.165, 1.54) is 44.4 Å². The molecule has 0 radical (unpaired) electrons. The van der Waals surface area contributed by atoms with E-state index < -0.39 is 115 Å². The van der Waals surface area contributed by atoms with Crippen LogP contribution in [-0.2, 0) is 28.5 Å². The smallest absolute Gasteiger partial charge is 0.308 e. The van der Waals surface area contributed by atoms with Gasteiger partial charge in [-0.2, -0.15) is 0 Å². The Morgan fingerprint density at radius 3 is 2.19 bits per heavy atom. The monoisotopic (exact) mass is 752 g/mol. The molecule has 5 rings (SSSR count). The number of aromatic hydroxyl groups is 2. The van der Waals surface area contributed by atoms with E-state index in [2.05, 4.69) is 0 Å². The average molecular weight is 753 g/mol. The predicted molar refractivity (Wildman–Crippen MR) is 175 cm³/mol. The number of benzene rings is 2. The molecule has 290 valence electrons. The van der Waals surface area contributed by atoms with Crippen LogP contribution in [0.25, 0.3) is 22.3 Å². The number of rotatable bonds is 12. The van der Waals surface area contributed by atoms with Gasteiger partial charge in [-0.1, -0.05) is 0 Å². The minimum atomic E-state index is -2.08. The SMILES string of the molecule is COc1cc(O)c2c(=O)c(O[C@H]3O[C@@H](COC(=O)C[C@@](C)(O)CC(=O)O)[C@H](O[C@@H]4O[C@H](C)[C@@H](O)[C@H](O)[C@@H]4O)[C@@H](O)[C@@H]3O)c(-c3ccc(O)cc3)oc2c1. The van der Waals surface area contributed by atoms with E-state index in [0.29, 0.717) is 0 Å². The number of methoxy groups -OCH3 is 1. The van der Waals surface area contributed by atoms with Crippen LogP contribution in [0.1, 0.15) is 26.7 Å². The van der Waals surface area contributed by atoms with Crippen LogP contribution in [0.3, 0.4) is 0 Å². The van der Waals surface area contributed by atoms with Gasteiger partial charge < -0.3 is 78.8 Å². The van der Waals surface area contributed by atoms with Crippen molar-refractivity contribution >= 4 is 22.9 Å². The molecule has 0 unspecified atom stereocenters. The van der Waals surface area contributed by atoms with Crippen LogP contribution in [0.4, 0.5) is 0 Å². The fourth-order valence-corrected chi connectivity index (χ4v) is 5.91. The average Bonchev–Trinajstić information content (AvgIpc) is 3.08. The zero-order chi connectivity index (χ0) is 38.9. The van der Waals surface area contributed by atoms with Crippen LogP contribution < -0.4 is 14.9 Å². The fourth-order valence-electron chi connectivity index (χ4n) is 5.91. The molecule has 2 aliphatic rings. The number of aliphatic hydroxyl groups excluding tert-OH is 5. The number of carbonyl (C=O) groups excluding carboxylic acids is 1. The summed E-state index contributed by atoms with van der Waals surface area (Å²) in [5, 5.41) is 93.2. The van der Waals surface area contributed by atoms with E-state index >= 15 is 0 Å². The number of aliphatic hydroxyl groups is 6. The first-order valence-electron chi connectivity index (χ1n) is 16.2. The molecule has 53 heavy (non-hydrogen) atoms. The Kier molecular flexibility index (Phi) is 11.8. The highest BCUT2D eigenvalue weighted by molar-refractivity contribution is 5.88. The molecule has 2 aromatic carbocycles. The third-order valence-corrected chi connectivity index (χ3v) is 8.71. The van der Waals surface area contributed by atoms with Gasteiger partial charge in [0.05, 0.1) is 31.7 Å². The van der Waals surface area contributed by atoms with Crippen molar-refractivity contribution in [2.45, 2.75) is 93.7 Å². The Balaban J connectivity index is 1.50. The molecule has 3 heterocycles.